The van der Waals surface area contributed by atoms with Crippen LogP contribution < -0.4 is 5.32 Å². The zero-order valence-electron chi connectivity index (χ0n) is 9.37. The second-order valence-electron chi connectivity index (χ2n) is 3.13. The number of aryl methyl sites for hydroxylation is 1. The van der Waals surface area contributed by atoms with Gasteiger partial charge in [-0.25, -0.2) is 4.79 Å². The van der Waals surface area contributed by atoms with Gasteiger partial charge in [0.25, 0.3) is 5.91 Å². The molecule has 1 aromatic carbocycles. The second-order valence-corrected chi connectivity index (χ2v) is 4.01. The Bertz CT molecular complexity index is 418. The van der Waals surface area contributed by atoms with Gasteiger partial charge in [-0.1, -0.05) is 0 Å². The van der Waals surface area contributed by atoms with E-state index in [9.17, 15) is 9.59 Å². The summed E-state index contributed by atoms with van der Waals surface area (Å²) in [5.74, 6) is -0.447. The molecular weight excluding hydrogens is 226 g/mol. The van der Waals surface area contributed by atoms with E-state index in [1.165, 1.54) is 7.11 Å². The summed E-state index contributed by atoms with van der Waals surface area (Å²) in [7, 11) is 1.21. The molecule has 5 heteroatoms. The van der Waals surface area contributed by atoms with Crippen LogP contribution in [0.4, 0.5) is 4.79 Å². The Kier molecular flexibility index (Phi) is 4.37. The predicted octanol–water partition coefficient (Wildman–Crippen LogP) is 2.21. The lowest BCUT2D eigenvalue weighted by molar-refractivity contribution is 0.0936. The molecule has 0 atom stereocenters. The average molecular weight is 239 g/mol. The lowest BCUT2D eigenvalue weighted by Crippen LogP contribution is -2.30. The van der Waals surface area contributed by atoms with E-state index in [1.807, 2.05) is 25.3 Å². The van der Waals surface area contributed by atoms with Crippen molar-refractivity contribution >= 4 is 23.8 Å². The van der Waals surface area contributed by atoms with E-state index < -0.39 is 12.0 Å². The van der Waals surface area contributed by atoms with E-state index in [1.54, 1.807) is 17.8 Å². The number of benzene rings is 1. The van der Waals surface area contributed by atoms with Crippen molar-refractivity contribution in [2.75, 3.05) is 13.4 Å². The first-order chi connectivity index (χ1) is 7.58. The molecule has 0 saturated heterocycles. The zero-order valence-corrected chi connectivity index (χ0v) is 10.2. The fourth-order valence-electron chi connectivity index (χ4n) is 1.23. The highest BCUT2D eigenvalue weighted by atomic mass is 32.2. The molecule has 4 nitrogen and oxygen atoms in total. The fourth-order valence-corrected chi connectivity index (χ4v) is 1.73. The van der Waals surface area contributed by atoms with Crippen molar-refractivity contribution in [1.29, 1.82) is 0 Å². The maximum atomic E-state index is 11.6. The van der Waals surface area contributed by atoms with Crippen LogP contribution in [0.1, 0.15) is 15.9 Å². The van der Waals surface area contributed by atoms with Crippen molar-refractivity contribution in [1.82, 2.24) is 5.32 Å². The number of ether oxygens (including phenoxy) is 1. The Balaban J connectivity index is 2.88. The summed E-state index contributed by atoms with van der Waals surface area (Å²) in [5, 5.41) is 2.12. The van der Waals surface area contributed by atoms with Crippen LogP contribution in [0.15, 0.2) is 23.1 Å². The van der Waals surface area contributed by atoms with Crippen LogP contribution in [-0.4, -0.2) is 25.4 Å². The van der Waals surface area contributed by atoms with Gasteiger partial charge in [0, 0.05) is 10.5 Å². The number of hydrogen-bond acceptors (Lipinski definition) is 4. The van der Waals surface area contributed by atoms with Gasteiger partial charge in [-0.3, -0.25) is 10.1 Å². The highest BCUT2D eigenvalue weighted by Crippen LogP contribution is 2.18. The third-order valence-corrected chi connectivity index (χ3v) is 2.80. The van der Waals surface area contributed by atoms with Crippen molar-refractivity contribution < 1.29 is 14.3 Å². The molecule has 1 aromatic rings. The van der Waals surface area contributed by atoms with Crippen LogP contribution in [0.5, 0.6) is 0 Å². The van der Waals surface area contributed by atoms with Crippen molar-refractivity contribution in [3.05, 3.63) is 29.3 Å². The molecule has 0 fully saturated rings. The van der Waals surface area contributed by atoms with Crippen molar-refractivity contribution in [2.24, 2.45) is 0 Å². The molecule has 86 valence electrons. The highest BCUT2D eigenvalue weighted by molar-refractivity contribution is 7.98. The minimum Gasteiger partial charge on any atom is -0.453 e. The molecule has 0 unspecified atom stereocenters. The third-order valence-electron chi connectivity index (χ3n) is 2.08. The molecule has 1 N–H and O–H groups in total. The molecule has 0 aliphatic rings. The number of carbonyl (C=O) groups is 2. The summed E-state index contributed by atoms with van der Waals surface area (Å²) in [6.45, 7) is 1.83. The molecular formula is C11H13NO3S. The molecule has 0 bridgehead atoms. The van der Waals surface area contributed by atoms with Gasteiger partial charge in [0.15, 0.2) is 0 Å². The molecule has 0 spiro atoms. The van der Waals surface area contributed by atoms with Crippen LogP contribution in [0.25, 0.3) is 0 Å². The van der Waals surface area contributed by atoms with Gasteiger partial charge in [0.1, 0.15) is 0 Å². The monoisotopic (exact) mass is 239 g/mol. The molecule has 16 heavy (non-hydrogen) atoms. The number of rotatable bonds is 2. The van der Waals surface area contributed by atoms with Crippen molar-refractivity contribution in [3.8, 4) is 0 Å². The topological polar surface area (TPSA) is 55.4 Å². The van der Waals surface area contributed by atoms with Crippen LogP contribution in [0, 0.1) is 6.92 Å². The Morgan fingerprint density at radius 2 is 2.06 bits per heavy atom. The molecule has 0 aliphatic heterocycles. The first-order valence-corrected chi connectivity index (χ1v) is 5.85. The van der Waals surface area contributed by atoms with E-state index in [4.69, 9.17) is 0 Å². The minimum absolute atomic E-state index is 0.447. The highest BCUT2D eigenvalue weighted by Gasteiger charge is 2.12. The fraction of sp³-hybridized carbons (Fsp3) is 0.273. The van der Waals surface area contributed by atoms with Crippen LogP contribution in [-0.2, 0) is 4.74 Å². The average Bonchev–Trinajstić information content (AvgIpc) is 2.28. The summed E-state index contributed by atoms with van der Waals surface area (Å²) in [6.07, 6.45) is 1.21. The first-order valence-electron chi connectivity index (χ1n) is 4.62. The lowest BCUT2D eigenvalue weighted by atomic mass is 10.1. The number of imide groups is 1. The largest absolute Gasteiger partial charge is 0.453 e. The Morgan fingerprint density at radius 3 is 2.56 bits per heavy atom. The van der Waals surface area contributed by atoms with Crippen LogP contribution >= 0.6 is 11.8 Å². The summed E-state index contributed by atoms with van der Waals surface area (Å²) in [6, 6.07) is 5.43. The molecule has 0 aromatic heterocycles. The number of nitrogens with one attached hydrogen (secondary N) is 1. The molecule has 2 amide bonds. The Hall–Kier alpha value is -1.49. The minimum atomic E-state index is -0.752. The normalized spacial score (nSPS) is 9.69. The SMILES string of the molecule is COC(=O)NC(=O)c1ccc(SC)cc1C. The maximum Gasteiger partial charge on any atom is 0.413 e. The van der Waals surface area contributed by atoms with Gasteiger partial charge in [0.05, 0.1) is 7.11 Å². The Labute approximate surface area is 98.4 Å². The van der Waals surface area contributed by atoms with Gasteiger partial charge in [-0.2, -0.15) is 0 Å². The molecule has 0 saturated carbocycles. The van der Waals surface area contributed by atoms with Crippen molar-refractivity contribution in [3.63, 3.8) is 0 Å². The number of thioether (sulfide) groups is 1. The maximum absolute atomic E-state index is 11.6. The summed E-state index contributed by atoms with van der Waals surface area (Å²) in [4.78, 5) is 23.6. The quantitative estimate of drug-likeness (QED) is 0.804. The number of hydrogen-bond donors (Lipinski definition) is 1. The van der Waals surface area contributed by atoms with Gasteiger partial charge in [-0.05, 0) is 36.9 Å². The number of amides is 2. The summed E-state index contributed by atoms with van der Waals surface area (Å²) < 4.78 is 4.35. The molecule has 1 rings (SSSR count). The van der Waals surface area contributed by atoms with Gasteiger partial charge >= 0.3 is 6.09 Å². The van der Waals surface area contributed by atoms with E-state index >= 15 is 0 Å². The van der Waals surface area contributed by atoms with E-state index in [0.29, 0.717) is 5.56 Å². The predicted molar refractivity (Wildman–Crippen MR) is 62.8 cm³/mol. The molecule has 0 radical (unpaired) electrons. The Morgan fingerprint density at radius 1 is 1.38 bits per heavy atom. The molecule has 0 aliphatic carbocycles. The number of methoxy groups -OCH3 is 1. The van der Waals surface area contributed by atoms with Crippen LogP contribution in [0.2, 0.25) is 0 Å². The smallest absolute Gasteiger partial charge is 0.413 e. The lowest BCUT2D eigenvalue weighted by Gasteiger charge is -2.06. The summed E-state index contributed by atoms with van der Waals surface area (Å²) in [5.41, 5.74) is 1.30. The second kappa shape index (κ2) is 5.55. The number of alkyl carbamates (subject to hydrolysis) is 1. The van der Waals surface area contributed by atoms with Crippen molar-refractivity contribution in [2.45, 2.75) is 11.8 Å². The van der Waals surface area contributed by atoms with E-state index in [-0.39, 0.29) is 0 Å². The van der Waals surface area contributed by atoms with Crippen LogP contribution in [0.3, 0.4) is 0 Å². The van der Waals surface area contributed by atoms with Gasteiger partial charge < -0.3 is 4.74 Å². The van der Waals surface area contributed by atoms with Gasteiger partial charge in [0.2, 0.25) is 0 Å². The zero-order chi connectivity index (χ0) is 12.1. The van der Waals surface area contributed by atoms with E-state index in [2.05, 4.69) is 10.1 Å². The summed E-state index contributed by atoms with van der Waals surface area (Å²) >= 11 is 1.60. The third kappa shape index (κ3) is 3.00. The molecule has 0 heterocycles. The number of carbonyl (C=O) groups excluding carboxylic acids is 2. The standard InChI is InChI=1S/C11H13NO3S/c1-7-6-8(16-3)4-5-9(7)10(13)12-11(14)15-2/h4-6H,1-3H3,(H,12,13,14). The first kappa shape index (κ1) is 12.6. The van der Waals surface area contributed by atoms with E-state index in [0.717, 1.165) is 10.5 Å². The van der Waals surface area contributed by atoms with Gasteiger partial charge in [-0.15, -0.1) is 11.8 Å².